The summed E-state index contributed by atoms with van der Waals surface area (Å²) in [5, 5.41) is 5.80. The summed E-state index contributed by atoms with van der Waals surface area (Å²) in [4.78, 5) is 32.3. The van der Waals surface area contributed by atoms with Gasteiger partial charge in [-0.3, -0.25) is 9.59 Å². The van der Waals surface area contributed by atoms with Gasteiger partial charge in [-0.05, 0) is 54.1 Å². The second-order valence-corrected chi connectivity index (χ2v) is 9.30. The Balaban J connectivity index is 1.26. The number of para-hydroxylation sites is 2. The topological polar surface area (TPSA) is 74.3 Å². The van der Waals surface area contributed by atoms with Crippen LogP contribution in [0.25, 0.3) is 0 Å². The number of nitrogens with one attached hydrogen (secondary N) is 2. The largest absolute Gasteiger partial charge is 0.355 e. The van der Waals surface area contributed by atoms with E-state index in [-0.39, 0.29) is 11.8 Å². The van der Waals surface area contributed by atoms with Crippen LogP contribution >= 0.6 is 15.9 Å². The molecule has 1 fully saturated rings. The van der Waals surface area contributed by atoms with Crippen molar-refractivity contribution in [3.8, 4) is 0 Å². The third kappa shape index (κ3) is 5.25. The zero-order valence-corrected chi connectivity index (χ0v) is 20.4. The number of pyridine rings is 1. The first-order valence-electron chi connectivity index (χ1n) is 11.3. The van der Waals surface area contributed by atoms with Crippen molar-refractivity contribution in [2.45, 2.75) is 5.92 Å². The van der Waals surface area contributed by atoms with Gasteiger partial charge in [0.25, 0.3) is 11.8 Å². The molecule has 1 aromatic heterocycles. The lowest BCUT2D eigenvalue weighted by Crippen LogP contribution is -2.45. The number of aromatic nitrogens is 1. The molecule has 2 amide bonds. The molecule has 0 saturated carbocycles. The monoisotopic (exact) mass is 526 g/mol. The third-order valence-electron chi connectivity index (χ3n) is 5.99. The predicted octanol–water partition coefficient (Wildman–Crippen LogP) is 5.95. The summed E-state index contributed by atoms with van der Waals surface area (Å²) < 4.78 is 1.07. The number of carbonyl (C=O) groups excluding carboxylic acids is 2. The molecule has 7 heteroatoms. The van der Waals surface area contributed by atoms with E-state index in [1.54, 1.807) is 42.6 Å². The molecule has 1 aliphatic rings. The Morgan fingerprint density at radius 1 is 0.771 bits per heavy atom. The fraction of sp³-hybridized carbons (Fsp3) is 0.107. The van der Waals surface area contributed by atoms with Crippen molar-refractivity contribution in [3.05, 3.63) is 118 Å². The molecule has 0 bridgehead atoms. The molecular formula is C28H23BrN4O2. The van der Waals surface area contributed by atoms with Crippen molar-refractivity contribution < 1.29 is 9.59 Å². The Morgan fingerprint density at radius 2 is 1.43 bits per heavy atom. The van der Waals surface area contributed by atoms with Crippen LogP contribution in [0.3, 0.4) is 0 Å². The van der Waals surface area contributed by atoms with Gasteiger partial charge in [-0.2, -0.15) is 0 Å². The highest BCUT2D eigenvalue weighted by Gasteiger charge is 2.29. The first-order chi connectivity index (χ1) is 17.1. The number of hydrogen-bond acceptors (Lipinski definition) is 4. The molecule has 6 nitrogen and oxygen atoms in total. The minimum Gasteiger partial charge on any atom is -0.355 e. The molecule has 0 atom stereocenters. The molecule has 1 aliphatic heterocycles. The maximum Gasteiger partial charge on any atom is 0.255 e. The normalized spacial score (nSPS) is 13.1. The Kier molecular flexibility index (Phi) is 6.59. The van der Waals surface area contributed by atoms with Crippen LogP contribution in [-0.4, -0.2) is 29.9 Å². The van der Waals surface area contributed by atoms with Crippen LogP contribution in [0.1, 0.15) is 32.2 Å². The van der Waals surface area contributed by atoms with E-state index in [0.29, 0.717) is 28.4 Å². The van der Waals surface area contributed by atoms with Crippen LogP contribution in [0, 0.1) is 0 Å². The molecule has 0 aliphatic carbocycles. The van der Waals surface area contributed by atoms with Gasteiger partial charge in [0.15, 0.2) is 0 Å². The lowest BCUT2D eigenvalue weighted by molar-refractivity contribution is 0.101. The van der Waals surface area contributed by atoms with E-state index in [4.69, 9.17) is 0 Å². The third-order valence-corrected chi connectivity index (χ3v) is 6.49. The van der Waals surface area contributed by atoms with E-state index in [1.165, 1.54) is 5.56 Å². The Morgan fingerprint density at radius 3 is 2.11 bits per heavy atom. The van der Waals surface area contributed by atoms with Gasteiger partial charge in [0, 0.05) is 40.8 Å². The first-order valence-corrected chi connectivity index (χ1v) is 12.1. The molecule has 5 rings (SSSR count). The van der Waals surface area contributed by atoms with Crippen LogP contribution in [0.2, 0.25) is 0 Å². The fourth-order valence-corrected chi connectivity index (χ4v) is 4.47. The summed E-state index contributed by atoms with van der Waals surface area (Å²) in [5.41, 5.74) is 3.40. The minimum atomic E-state index is -0.265. The van der Waals surface area contributed by atoms with Crippen LogP contribution < -0.4 is 15.5 Å². The molecule has 0 unspecified atom stereocenters. The molecule has 0 radical (unpaired) electrons. The molecule has 3 aromatic carbocycles. The lowest BCUT2D eigenvalue weighted by Gasteiger charge is -2.40. The average molecular weight is 527 g/mol. The van der Waals surface area contributed by atoms with Crippen molar-refractivity contribution in [1.29, 1.82) is 0 Å². The molecule has 4 aromatic rings. The molecule has 1 saturated heterocycles. The summed E-state index contributed by atoms with van der Waals surface area (Å²) in [5.74, 6) is 0.705. The van der Waals surface area contributed by atoms with E-state index in [2.05, 4.69) is 48.6 Å². The zero-order chi connectivity index (χ0) is 24.2. The van der Waals surface area contributed by atoms with Crippen LogP contribution in [0.5, 0.6) is 0 Å². The SMILES string of the molecule is O=C(Nc1ccccc1NC(=O)c1ccnc(N2CC(c3cccc(Br)c3)C2)c1)c1ccccc1. The number of carbonyl (C=O) groups is 2. The number of benzene rings is 3. The highest BCUT2D eigenvalue weighted by molar-refractivity contribution is 9.10. The van der Waals surface area contributed by atoms with Gasteiger partial charge >= 0.3 is 0 Å². The maximum absolute atomic E-state index is 13.1. The van der Waals surface area contributed by atoms with Gasteiger partial charge in [-0.1, -0.05) is 58.4 Å². The van der Waals surface area contributed by atoms with Gasteiger partial charge in [0.1, 0.15) is 5.82 Å². The van der Waals surface area contributed by atoms with Gasteiger partial charge in [0.2, 0.25) is 0 Å². The predicted molar refractivity (Wildman–Crippen MR) is 142 cm³/mol. The molecule has 35 heavy (non-hydrogen) atoms. The Hall–Kier alpha value is -3.97. The van der Waals surface area contributed by atoms with Gasteiger partial charge in [-0.25, -0.2) is 4.98 Å². The van der Waals surface area contributed by atoms with Gasteiger partial charge in [0.05, 0.1) is 11.4 Å². The number of nitrogens with zero attached hydrogens (tertiary/aromatic N) is 2. The van der Waals surface area contributed by atoms with E-state index >= 15 is 0 Å². The van der Waals surface area contributed by atoms with Crippen LogP contribution in [0.15, 0.2) is 102 Å². The van der Waals surface area contributed by atoms with E-state index in [0.717, 1.165) is 23.4 Å². The average Bonchev–Trinajstić information content (AvgIpc) is 2.85. The zero-order valence-electron chi connectivity index (χ0n) is 18.8. The summed E-state index contributed by atoms with van der Waals surface area (Å²) >= 11 is 3.53. The molecule has 2 heterocycles. The van der Waals surface area contributed by atoms with Crippen molar-refractivity contribution in [1.82, 2.24) is 4.98 Å². The quantitative estimate of drug-likeness (QED) is 0.325. The Bertz CT molecular complexity index is 1370. The van der Waals surface area contributed by atoms with E-state index in [1.807, 2.05) is 42.5 Å². The van der Waals surface area contributed by atoms with Gasteiger partial charge in [-0.15, -0.1) is 0 Å². The number of amides is 2. The van der Waals surface area contributed by atoms with E-state index < -0.39 is 0 Å². The van der Waals surface area contributed by atoms with E-state index in [9.17, 15) is 9.59 Å². The second kappa shape index (κ2) is 10.1. The van der Waals surface area contributed by atoms with Crippen molar-refractivity contribution >= 4 is 44.9 Å². The smallest absolute Gasteiger partial charge is 0.255 e. The van der Waals surface area contributed by atoms with Crippen molar-refractivity contribution in [3.63, 3.8) is 0 Å². The number of anilines is 3. The van der Waals surface area contributed by atoms with Crippen LogP contribution in [-0.2, 0) is 0 Å². The Labute approximate surface area is 212 Å². The van der Waals surface area contributed by atoms with Crippen molar-refractivity contribution in [2.24, 2.45) is 0 Å². The summed E-state index contributed by atoms with van der Waals surface area (Å²) in [6, 6.07) is 28.0. The molecule has 2 N–H and O–H groups in total. The standard InChI is InChI=1S/C28H23BrN4O2/c29-23-10-6-9-20(15-23)22-17-33(18-22)26-16-21(13-14-30-26)28(35)32-25-12-5-4-11-24(25)31-27(34)19-7-2-1-3-8-19/h1-16,22H,17-18H2,(H,31,34)(H,32,35). The number of halogens is 1. The number of hydrogen-bond donors (Lipinski definition) is 2. The second-order valence-electron chi connectivity index (χ2n) is 8.38. The summed E-state index contributed by atoms with van der Waals surface area (Å²) in [7, 11) is 0. The fourth-order valence-electron chi connectivity index (χ4n) is 4.05. The van der Waals surface area contributed by atoms with Gasteiger partial charge < -0.3 is 15.5 Å². The van der Waals surface area contributed by atoms with Crippen molar-refractivity contribution in [2.75, 3.05) is 28.6 Å². The minimum absolute atomic E-state index is 0.240. The summed E-state index contributed by atoms with van der Waals surface area (Å²) in [6.07, 6.45) is 1.65. The highest BCUT2D eigenvalue weighted by Crippen LogP contribution is 2.32. The maximum atomic E-state index is 13.1. The number of rotatable bonds is 6. The summed E-state index contributed by atoms with van der Waals surface area (Å²) in [6.45, 7) is 1.70. The highest BCUT2D eigenvalue weighted by atomic mass is 79.9. The molecular weight excluding hydrogens is 504 g/mol. The van der Waals surface area contributed by atoms with Crippen LogP contribution in [0.4, 0.5) is 17.2 Å². The molecule has 0 spiro atoms. The molecule has 174 valence electrons. The first kappa shape index (κ1) is 22.8. The lowest BCUT2D eigenvalue weighted by atomic mass is 9.91.